The molecule has 7 heterocycles. The second kappa shape index (κ2) is 14.9. The van der Waals surface area contributed by atoms with E-state index in [2.05, 4.69) is 23.9 Å². The number of ether oxygens (including phenoxy) is 1. The molecule has 328 valence electrons. The average Bonchev–Trinajstić information content (AvgIpc) is 4.05. The summed E-state index contributed by atoms with van der Waals surface area (Å²) in [7, 11) is -2.65. The van der Waals surface area contributed by atoms with Crippen molar-refractivity contribution >= 4 is 37.7 Å². The van der Waals surface area contributed by atoms with Crippen molar-refractivity contribution in [3.8, 4) is 17.2 Å². The Hall–Kier alpha value is -6.72. The number of pyridine rings is 1. The number of amides is 1. The molecule has 3 aromatic carbocycles. The van der Waals surface area contributed by atoms with Gasteiger partial charge in [0.25, 0.3) is 15.9 Å². The van der Waals surface area contributed by atoms with E-state index in [0.717, 1.165) is 22.4 Å². The van der Waals surface area contributed by atoms with E-state index in [4.69, 9.17) is 9.84 Å². The second-order valence-corrected chi connectivity index (χ2v) is 19.2. The van der Waals surface area contributed by atoms with Gasteiger partial charge >= 0.3 is 5.69 Å². The van der Waals surface area contributed by atoms with E-state index in [-0.39, 0.29) is 57.8 Å². The first-order chi connectivity index (χ1) is 30.5. The first kappa shape index (κ1) is 41.3. The maximum atomic E-state index is 16.1. The van der Waals surface area contributed by atoms with E-state index in [1.807, 2.05) is 12.1 Å². The molecule has 2 aliphatic rings. The molecule has 1 unspecified atom stereocenters. The summed E-state index contributed by atoms with van der Waals surface area (Å²) >= 11 is 0. The molecule has 1 fully saturated rings. The lowest BCUT2D eigenvalue weighted by molar-refractivity contribution is -0.0592. The highest BCUT2D eigenvalue weighted by molar-refractivity contribution is 7.90. The second-order valence-electron chi connectivity index (χ2n) is 17.4. The zero-order valence-corrected chi connectivity index (χ0v) is 36.9. The van der Waals surface area contributed by atoms with Gasteiger partial charge in [-0.25, -0.2) is 30.6 Å². The molecule has 1 saturated heterocycles. The zero-order valence-electron chi connectivity index (χ0n) is 36.1. The molecule has 14 nitrogen and oxygen atoms in total. The van der Waals surface area contributed by atoms with E-state index in [0.29, 0.717) is 51.1 Å². The number of imidazole rings is 1. The SMILES string of the molecule is Cc1cc(-n2nc3c(c2-n2ccn(-c4ccc5c(cnn5C)c4F)c2=O)[C@H](C)N(C(=O)c2cc4cc(C5CCOC(C)(C)C5)ccc4n2S(=O)(=O)c2cccnc2)CC3)cc(C)c1F. The Labute approximate surface area is 367 Å². The van der Waals surface area contributed by atoms with Gasteiger partial charge in [-0.2, -0.15) is 10.2 Å². The smallest absolute Gasteiger partial charge is 0.338 e. The number of carbonyl (C=O) groups excluding carboxylic acids is 1. The Morgan fingerprint density at radius 1 is 0.938 bits per heavy atom. The van der Waals surface area contributed by atoms with Gasteiger partial charge in [0.05, 0.1) is 51.3 Å². The van der Waals surface area contributed by atoms with E-state index in [1.165, 1.54) is 58.3 Å². The molecule has 1 amide bonds. The largest absolute Gasteiger partial charge is 0.376 e. The van der Waals surface area contributed by atoms with E-state index in [9.17, 15) is 13.2 Å². The molecule has 0 N–H and O–H groups in total. The number of fused-ring (bicyclic) bond motifs is 3. The van der Waals surface area contributed by atoms with Crippen molar-refractivity contribution in [2.24, 2.45) is 7.05 Å². The van der Waals surface area contributed by atoms with Crippen LogP contribution in [0, 0.1) is 25.5 Å². The fourth-order valence-electron chi connectivity index (χ4n) is 9.62. The molecule has 17 heteroatoms. The molecule has 10 rings (SSSR count). The fourth-order valence-corrected chi connectivity index (χ4v) is 11.1. The number of nitrogens with zero attached hydrogens (tertiary/aromatic N) is 9. The summed E-state index contributed by atoms with van der Waals surface area (Å²) in [6, 6.07) is 16.0. The number of carbonyl (C=O) groups is 1. The fraction of sp³-hybridized carbons (Fsp3) is 0.298. The lowest BCUT2D eigenvalue weighted by Crippen LogP contribution is -2.40. The first-order valence-corrected chi connectivity index (χ1v) is 22.5. The van der Waals surface area contributed by atoms with Crippen molar-refractivity contribution < 1.29 is 26.7 Å². The highest BCUT2D eigenvalue weighted by Gasteiger charge is 2.39. The van der Waals surface area contributed by atoms with Crippen molar-refractivity contribution in [2.75, 3.05) is 13.2 Å². The zero-order chi connectivity index (χ0) is 45.0. The van der Waals surface area contributed by atoms with Gasteiger partial charge in [0.1, 0.15) is 22.2 Å². The van der Waals surface area contributed by atoms with Gasteiger partial charge in [0.2, 0.25) is 0 Å². The van der Waals surface area contributed by atoms with Crippen LogP contribution in [-0.4, -0.2) is 75.6 Å². The van der Waals surface area contributed by atoms with E-state index in [1.54, 1.807) is 72.4 Å². The van der Waals surface area contributed by atoms with Crippen molar-refractivity contribution in [1.29, 1.82) is 0 Å². The molecular formula is C47H45F2N9O5S. The molecule has 64 heavy (non-hydrogen) atoms. The van der Waals surface area contributed by atoms with Crippen LogP contribution < -0.4 is 5.69 Å². The highest BCUT2D eigenvalue weighted by atomic mass is 32.2. The predicted molar refractivity (Wildman–Crippen MR) is 236 cm³/mol. The third kappa shape index (κ3) is 6.50. The number of benzene rings is 3. The predicted octanol–water partition coefficient (Wildman–Crippen LogP) is 7.61. The number of aryl methyl sites for hydroxylation is 3. The van der Waals surface area contributed by atoms with Crippen LogP contribution in [0.15, 0.2) is 101 Å². The minimum atomic E-state index is -4.36. The maximum Gasteiger partial charge on any atom is 0.338 e. The molecule has 0 aliphatic carbocycles. The van der Waals surface area contributed by atoms with Crippen LogP contribution in [-0.2, 0) is 28.2 Å². The van der Waals surface area contributed by atoms with Gasteiger partial charge in [-0.15, -0.1) is 0 Å². The first-order valence-electron chi connectivity index (χ1n) is 21.1. The minimum Gasteiger partial charge on any atom is -0.376 e. The molecule has 8 aromatic rings. The van der Waals surface area contributed by atoms with Gasteiger partial charge in [0.15, 0.2) is 5.82 Å². The van der Waals surface area contributed by atoms with E-state index < -0.39 is 33.5 Å². The third-order valence-corrected chi connectivity index (χ3v) is 14.5. The molecule has 0 radical (unpaired) electrons. The van der Waals surface area contributed by atoms with Crippen molar-refractivity contribution in [1.82, 2.24) is 42.6 Å². The highest BCUT2D eigenvalue weighted by Crippen LogP contribution is 2.40. The summed E-state index contributed by atoms with van der Waals surface area (Å²) in [4.78, 5) is 35.4. The Balaban J connectivity index is 1.12. The van der Waals surface area contributed by atoms with Gasteiger partial charge in [-0.05, 0) is 125 Å². The molecule has 0 spiro atoms. The summed E-state index contributed by atoms with van der Waals surface area (Å²) in [5.41, 5.74) is 3.22. The number of aromatic nitrogens is 8. The van der Waals surface area contributed by atoms with Crippen molar-refractivity contribution in [3.05, 3.63) is 147 Å². The van der Waals surface area contributed by atoms with Gasteiger partial charge in [-0.3, -0.25) is 23.6 Å². The van der Waals surface area contributed by atoms with Gasteiger partial charge in [-0.1, -0.05) is 6.07 Å². The summed E-state index contributed by atoms with van der Waals surface area (Å²) in [6.45, 7) is 9.96. The van der Waals surface area contributed by atoms with Crippen LogP contribution in [0.3, 0.4) is 0 Å². The molecule has 5 aromatic heterocycles. The molecule has 2 aliphatic heterocycles. The van der Waals surface area contributed by atoms with Gasteiger partial charge < -0.3 is 9.64 Å². The van der Waals surface area contributed by atoms with Crippen LogP contribution in [0.1, 0.15) is 84.0 Å². The quantitative estimate of drug-likeness (QED) is 0.159. The molecular weight excluding hydrogens is 841 g/mol. The van der Waals surface area contributed by atoms with Crippen molar-refractivity contribution in [3.63, 3.8) is 0 Å². The minimum absolute atomic E-state index is 0.00819. The Morgan fingerprint density at radius 2 is 1.69 bits per heavy atom. The topological polar surface area (TPSA) is 144 Å². The maximum absolute atomic E-state index is 16.1. The number of halogens is 2. The van der Waals surface area contributed by atoms with Crippen LogP contribution in [0.4, 0.5) is 8.78 Å². The Morgan fingerprint density at radius 3 is 2.42 bits per heavy atom. The van der Waals surface area contributed by atoms with Crippen LogP contribution in [0.5, 0.6) is 0 Å². The van der Waals surface area contributed by atoms with Crippen molar-refractivity contribution in [2.45, 2.75) is 76.3 Å². The lowest BCUT2D eigenvalue weighted by atomic mass is 9.83. The number of hydrogen-bond donors (Lipinski definition) is 0. The molecule has 2 atom stereocenters. The summed E-state index contributed by atoms with van der Waals surface area (Å²) < 4.78 is 73.1. The third-order valence-electron chi connectivity index (χ3n) is 12.8. The number of rotatable bonds is 7. The van der Waals surface area contributed by atoms with Gasteiger partial charge in [0, 0.05) is 62.4 Å². The molecule has 0 bridgehead atoms. The summed E-state index contributed by atoms with van der Waals surface area (Å²) in [6.07, 6.45) is 8.94. The van der Waals surface area contributed by atoms with Crippen LogP contribution in [0.25, 0.3) is 39.0 Å². The average molecular weight is 886 g/mol. The monoisotopic (exact) mass is 885 g/mol. The standard InChI is InChI=1S/C47H45F2N9O5S/c1-27-20-33(21-28(2)42(27)48)57-44(56-18-17-55(46(56)60)39-12-11-38-35(43(39)49)26-51-53(38)6)41-29(3)54(16-13-36(41)52-57)45(59)40-23-32-22-30(31-14-19-63-47(4,5)24-31)9-10-37(32)58(40)64(61,62)34-8-7-15-50-25-34/h7-12,15,17-18,20-23,25-26,29,31H,13-14,16,19,24H2,1-6H3/t29-,31?/m0/s1. The summed E-state index contributed by atoms with van der Waals surface area (Å²) in [5.74, 6) is -1.12. The Kier molecular flexibility index (Phi) is 9.64. The lowest BCUT2D eigenvalue weighted by Gasteiger charge is -2.35. The normalized spacial score (nSPS) is 17.7. The van der Waals surface area contributed by atoms with E-state index >= 15 is 13.6 Å². The Bertz CT molecular complexity index is 3360. The summed E-state index contributed by atoms with van der Waals surface area (Å²) in [5, 5.41) is 9.99. The molecule has 0 saturated carbocycles. The van der Waals surface area contributed by atoms with Crippen LogP contribution in [0.2, 0.25) is 0 Å². The van der Waals surface area contributed by atoms with Crippen LogP contribution >= 0.6 is 0 Å². The number of hydrogen-bond acceptors (Lipinski definition) is 8.